The third-order valence-electron chi connectivity index (χ3n) is 3.69. The Morgan fingerprint density at radius 1 is 1.45 bits per heavy atom. The average molecular weight is 279 g/mol. The molecule has 0 aromatic carbocycles. The summed E-state index contributed by atoms with van der Waals surface area (Å²) in [6.45, 7) is 7.85. The SMILES string of the molecule is CCn1cc(N)c(C(=O)NC(C)CN2CCCCC2)n1. The van der Waals surface area contributed by atoms with Crippen molar-refractivity contribution in [2.75, 3.05) is 25.4 Å². The van der Waals surface area contributed by atoms with Gasteiger partial charge in [0, 0.05) is 25.3 Å². The van der Waals surface area contributed by atoms with Crippen LogP contribution in [0.25, 0.3) is 0 Å². The molecule has 1 aliphatic rings. The average Bonchev–Trinajstić information content (AvgIpc) is 2.81. The zero-order valence-electron chi connectivity index (χ0n) is 12.4. The third kappa shape index (κ3) is 3.72. The Morgan fingerprint density at radius 3 is 2.75 bits per heavy atom. The molecule has 112 valence electrons. The first-order chi connectivity index (χ1) is 9.60. The summed E-state index contributed by atoms with van der Waals surface area (Å²) >= 11 is 0. The Balaban J connectivity index is 1.87. The number of carbonyl (C=O) groups is 1. The van der Waals surface area contributed by atoms with Crippen LogP contribution < -0.4 is 11.1 Å². The van der Waals surface area contributed by atoms with E-state index in [1.165, 1.54) is 19.3 Å². The second-order valence-corrected chi connectivity index (χ2v) is 5.52. The van der Waals surface area contributed by atoms with Crippen LogP contribution in [0.5, 0.6) is 0 Å². The number of aryl methyl sites for hydroxylation is 1. The molecule has 1 aliphatic heterocycles. The van der Waals surface area contributed by atoms with E-state index in [1.807, 2.05) is 13.8 Å². The van der Waals surface area contributed by atoms with Crippen LogP contribution in [-0.2, 0) is 6.54 Å². The molecule has 1 saturated heterocycles. The van der Waals surface area contributed by atoms with Gasteiger partial charge in [-0.1, -0.05) is 6.42 Å². The summed E-state index contributed by atoms with van der Waals surface area (Å²) in [5, 5.41) is 7.18. The predicted molar refractivity (Wildman–Crippen MR) is 79.5 cm³/mol. The summed E-state index contributed by atoms with van der Waals surface area (Å²) in [6.07, 6.45) is 5.54. The zero-order valence-corrected chi connectivity index (χ0v) is 12.4. The van der Waals surface area contributed by atoms with E-state index in [0.717, 1.165) is 19.6 Å². The molecule has 2 rings (SSSR count). The first-order valence-corrected chi connectivity index (χ1v) is 7.46. The number of nitrogen functional groups attached to an aromatic ring is 1. The lowest BCUT2D eigenvalue weighted by atomic mass is 10.1. The first-order valence-electron chi connectivity index (χ1n) is 7.46. The number of aromatic nitrogens is 2. The van der Waals surface area contributed by atoms with E-state index >= 15 is 0 Å². The van der Waals surface area contributed by atoms with Crippen LogP contribution in [0.1, 0.15) is 43.6 Å². The van der Waals surface area contributed by atoms with Crippen molar-refractivity contribution in [3.05, 3.63) is 11.9 Å². The van der Waals surface area contributed by atoms with E-state index in [4.69, 9.17) is 5.73 Å². The van der Waals surface area contributed by atoms with Crippen LogP contribution in [-0.4, -0.2) is 46.3 Å². The molecule has 1 fully saturated rings. The van der Waals surface area contributed by atoms with Gasteiger partial charge in [0.2, 0.25) is 0 Å². The van der Waals surface area contributed by atoms with Crippen molar-refractivity contribution in [3.8, 4) is 0 Å². The Morgan fingerprint density at radius 2 is 2.15 bits per heavy atom. The zero-order chi connectivity index (χ0) is 14.5. The largest absolute Gasteiger partial charge is 0.396 e. The molecule has 0 saturated carbocycles. The Hall–Kier alpha value is -1.56. The van der Waals surface area contributed by atoms with Crippen LogP contribution in [0, 0.1) is 0 Å². The maximum absolute atomic E-state index is 12.2. The van der Waals surface area contributed by atoms with Gasteiger partial charge in [-0.25, -0.2) is 0 Å². The number of rotatable bonds is 5. The number of piperidine rings is 1. The summed E-state index contributed by atoms with van der Waals surface area (Å²) in [5.74, 6) is -0.181. The van der Waals surface area contributed by atoms with Gasteiger partial charge < -0.3 is 16.0 Å². The number of nitrogens with zero attached hydrogens (tertiary/aromatic N) is 3. The molecule has 1 amide bonds. The van der Waals surface area contributed by atoms with E-state index in [0.29, 0.717) is 17.9 Å². The first kappa shape index (κ1) is 14.8. The number of anilines is 1. The van der Waals surface area contributed by atoms with Crippen molar-refractivity contribution in [2.45, 2.75) is 45.7 Å². The molecular formula is C14H25N5O. The highest BCUT2D eigenvalue weighted by molar-refractivity contribution is 5.97. The molecule has 0 spiro atoms. The van der Waals surface area contributed by atoms with Gasteiger partial charge in [-0.3, -0.25) is 9.48 Å². The normalized spacial score (nSPS) is 17.9. The van der Waals surface area contributed by atoms with E-state index in [1.54, 1.807) is 10.9 Å². The number of likely N-dealkylation sites (tertiary alicyclic amines) is 1. The maximum Gasteiger partial charge on any atom is 0.274 e. The highest BCUT2D eigenvalue weighted by Crippen LogP contribution is 2.11. The maximum atomic E-state index is 12.2. The lowest BCUT2D eigenvalue weighted by molar-refractivity contribution is 0.0920. The smallest absolute Gasteiger partial charge is 0.274 e. The lowest BCUT2D eigenvalue weighted by Crippen LogP contribution is -2.43. The summed E-state index contributed by atoms with van der Waals surface area (Å²) in [6, 6.07) is 0.103. The van der Waals surface area contributed by atoms with Gasteiger partial charge in [0.15, 0.2) is 5.69 Å². The van der Waals surface area contributed by atoms with Gasteiger partial charge in [0.25, 0.3) is 5.91 Å². The fraction of sp³-hybridized carbons (Fsp3) is 0.714. The topological polar surface area (TPSA) is 76.2 Å². The van der Waals surface area contributed by atoms with Crippen LogP contribution in [0.3, 0.4) is 0 Å². The molecule has 2 heterocycles. The summed E-state index contributed by atoms with van der Waals surface area (Å²) in [5.41, 5.74) is 6.59. The molecular weight excluding hydrogens is 254 g/mol. The van der Waals surface area contributed by atoms with Crippen molar-refractivity contribution in [1.82, 2.24) is 20.0 Å². The lowest BCUT2D eigenvalue weighted by Gasteiger charge is -2.29. The molecule has 0 radical (unpaired) electrons. The van der Waals surface area contributed by atoms with Crippen molar-refractivity contribution >= 4 is 11.6 Å². The predicted octanol–water partition coefficient (Wildman–Crippen LogP) is 1.09. The number of nitrogens with two attached hydrogens (primary N) is 1. The molecule has 3 N–H and O–H groups in total. The molecule has 1 aromatic rings. The molecule has 0 aliphatic carbocycles. The summed E-state index contributed by atoms with van der Waals surface area (Å²) in [7, 11) is 0. The van der Waals surface area contributed by atoms with Crippen molar-refractivity contribution in [1.29, 1.82) is 0 Å². The Kier molecular flexibility index (Phi) is 5.00. The molecule has 1 unspecified atom stereocenters. The Labute approximate surface area is 120 Å². The van der Waals surface area contributed by atoms with E-state index in [9.17, 15) is 4.79 Å². The number of amides is 1. The van der Waals surface area contributed by atoms with Crippen LogP contribution in [0.15, 0.2) is 6.20 Å². The van der Waals surface area contributed by atoms with Crippen molar-refractivity contribution in [2.24, 2.45) is 0 Å². The molecule has 6 nitrogen and oxygen atoms in total. The van der Waals surface area contributed by atoms with Crippen LogP contribution >= 0.6 is 0 Å². The molecule has 1 atom stereocenters. The minimum absolute atomic E-state index is 0.103. The van der Waals surface area contributed by atoms with Gasteiger partial charge in [-0.15, -0.1) is 0 Å². The fourth-order valence-corrected chi connectivity index (χ4v) is 2.64. The van der Waals surface area contributed by atoms with E-state index in [-0.39, 0.29) is 11.9 Å². The fourth-order valence-electron chi connectivity index (χ4n) is 2.64. The number of nitrogens with one attached hydrogen (secondary N) is 1. The Bertz CT molecular complexity index is 450. The van der Waals surface area contributed by atoms with Gasteiger partial charge >= 0.3 is 0 Å². The molecule has 20 heavy (non-hydrogen) atoms. The summed E-state index contributed by atoms with van der Waals surface area (Å²) < 4.78 is 1.68. The van der Waals surface area contributed by atoms with Gasteiger partial charge in [-0.2, -0.15) is 5.10 Å². The van der Waals surface area contributed by atoms with E-state index in [2.05, 4.69) is 15.3 Å². The highest BCUT2D eigenvalue weighted by Gasteiger charge is 2.19. The van der Waals surface area contributed by atoms with Crippen molar-refractivity contribution < 1.29 is 4.79 Å². The molecule has 0 bridgehead atoms. The summed E-state index contributed by atoms with van der Waals surface area (Å²) in [4.78, 5) is 14.6. The standard InChI is InChI=1S/C14H25N5O/c1-3-19-10-12(15)13(17-19)14(20)16-11(2)9-18-7-5-4-6-8-18/h10-11H,3-9,15H2,1-2H3,(H,16,20). The second kappa shape index (κ2) is 6.74. The van der Waals surface area contributed by atoms with Gasteiger partial charge in [-0.05, 0) is 39.8 Å². The van der Waals surface area contributed by atoms with Crippen LogP contribution in [0.2, 0.25) is 0 Å². The van der Waals surface area contributed by atoms with Gasteiger partial charge in [0.05, 0.1) is 5.69 Å². The number of hydrogen-bond acceptors (Lipinski definition) is 4. The molecule has 6 heteroatoms. The number of hydrogen-bond donors (Lipinski definition) is 2. The second-order valence-electron chi connectivity index (χ2n) is 5.52. The minimum Gasteiger partial charge on any atom is -0.396 e. The highest BCUT2D eigenvalue weighted by atomic mass is 16.2. The van der Waals surface area contributed by atoms with Crippen LogP contribution in [0.4, 0.5) is 5.69 Å². The van der Waals surface area contributed by atoms with E-state index < -0.39 is 0 Å². The van der Waals surface area contributed by atoms with Gasteiger partial charge in [0.1, 0.15) is 0 Å². The molecule has 1 aromatic heterocycles. The third-order valence-corrected chi connectivity index (χ3v) is 3.69. The monoisotopic (exact) mass is 279 g/mol. The quantitative estimate of drug-likeness (QED) is 0.846. The number of carbonyl (C=O) groups excluding carboxylic acids is 1. The van der Waals surface area contributed by atoms with Crippen molar-refractivity contribution in [3.63, 3.8) is 0 Å². The minimum atomic E-state index is -0.181.